The summed E-state index contributed by atoms with van der Waals surface area (Å²) in [6.45, 7) is 1.02. The number of hydrogen-bond donors (Lipinski definition) is 1. The number of hydrogen-bond acceptors (Lipinski definition) is 1. The van der Waals surface area contributed by atoms with Crippen molar-refractivity contribution in [3.05, 3.63) is 36.0 Å². The number of nitrogens with one attached hydrogen (secondary N) is 1. The molecule has 14 heavy (non-hydrogen) atoms. The molecule has 1 N–H and O–H groups in total. The minimum Gasteiger partial charge on any atom is -0.361 e. The molecule has 1 aromatic heterocycles. The minimum absolute atomic E-state index is 0.992. The molecule has 0 aliphatic carbocycles. The van der Waals surface area contributed by atoms with Crippen molar-refractivity contribution in [2.75, 3.05) is 20.6 Å². The highest BCUT2D eigenvalue weighted by molar-refractivity contribution is 5.83. The molecule has 1 heterocycles. The second kappa shape index (κ2) is 3.84. The lowest BCUT2D eigenvalue weighted by Gasteiger charge is -2.07. The van der Waals surface area contributed by atoms with Gasteiger partial charge in [-0.25, -0.2) is 0 Å². The first-order valence-electron chi connectivity index (χ1n) is 5.36. The topological polar surface area (TPSA) is 19.0 Å². The average molecular weight is 189 g/mol. The predicted molar refractivity (Wildman–Crippen MR) is 60.6 cm³/mol. The van der Waals surface area contributed by atoms with E-state index in [4.69, 9.17) is 1.41 Å². The highest BCUT2D eigenvalue weighted by Gasteiger charge is 2.02. The van der Waals surface area contributed by atoms with E-state index in [1.807, 2.05) is 24.4 Å². The molecule has 0 radical (unpaired) electrons. The lowest BCUT2D eigenvalue weighted by molar-refractivity contribution is 0.414. The number of benzene rings is 1. The first-order chi connectivity index (χ1) is 7.18. The Bertz CT molecular complexity index is 460. The van der Waals surface area contributed by atoms with Gasteiger partial charge in [0.2, 0.25) is 0 Å². The van der Waals surface area contributed by atoms with Crippen molar-refractivity contribution >= 4 is 10.9 Å². The van der Waals surface area contributed by atoms with E-state index in [1.165, 1.54) is 15.9 Å². The summed E-state index contributed by atoms with van der Waals surface area (Å²) in [5.74, 6) is 0. The Kier molecular flexibility index (Phi) is 2.21. The van der Waals surface area contributed by atoms with Gasteiger partial charge < -0.3 is 9.88 Å². The van der Waals surface area contributed by atoms with Crippen LogP contribution in [0.15, 0.2) is 30.5 Å². The van der Waals surface area contributed by atoms with Gasteiger partial charge in [0.15, 0.2) is 1.41 Å². The zero-order valence-corrected chi connectivity index (χ0v) is 8.70. The van der Waals surface area contributed by atoms with E-state index in [-0.39, 0.29) is 0 Å². The van der Waals surface area contributed by atoms with Crippen molar-refractivity contribution in [1.29, 1.82) is 0 Å². The zero-order valence-electron chi connectivity index (χ0n) is 9.70. The fourth-order valence-electron chi connectivity index (χ4n) is 1.62. The summed E-state index contributed by atoms with van der Waals surface area (Å²) in [7, 11) is 4.14. The number of aromatic amines is 1. The van der Waals surface area contributed by atoms with E-state index in [9.17, 15) is 0 Å². The maximum Gasteiger partial charge on any atom is 0.166 e. The van der Waals surface area contributed by atoms with Crippen LogP contribution in [0.2, 0.25) is 1.41 Å². The lowest BCUT2D eigenvalue weighted by atomic mass is 10.1. The van der Waals surface area contributed by atoms with Crippen molar-refractivity contribution in [2.24, 2.45) is 0 Å². The van der Waals surface area contributed by atoms with Crippen LogP contribution in [0.25, 0.3) is 10.9 Å². The van der Waals surface area contributed by atoms with Gasteiger partial charge in [0.25, 0.3) is 0 Å². The van der Waals surface area contributed by atoms with E-state index in [1.54, 1.807) is 0 Å². The van der Waals surface area contributed by atoms with Crippen LogP contribution < -0.4 is 0 Å². The quantitative estimate of drug-likeness (QED) is 0.784. The van der Waals surface area contributed by atoms with Crippen LogP contribution in [0.3, 0.4) is 0 Å². The molecule has 0 fully saturated rings. The second-order valence-electron chi connectivity index (χ2n) is 3.85. The van der Waals surface area contributed by atoms with Gasteiger partial charge in [0, 0.05) is 23.6 Å². The number of rotatable bonds is 3. The van der Waals surface area contributed by atoms with Gasteiger partial charge >= 0.3 is 0 Å². The van der Waals surface area contributed by atoms with Gasteiger partial charge in [-0.05, 0) is 32.1 Å². The Morgan fingerprint density at radius 1 is 1.36 bits per heavy atom. The molecule has 0 bridgehead atoms. The third-order valence-corrected chi connectivity index (χ3v) is 2.44. The first kappa shape index (κ1) is 8.06. The highest BCUT2D eigenvalue weighted by atomic mass is 15.0. The van der Waals surface area contributed by atoms with Crippen LogP contribution in [0.5, 0.6) is 0 Å². The smallest absolute Gasteiger partial charge is 0.166 e. The Morgan fingerprint density at radius 2 is 2.14 bits per heavy atom. The Labute approximate surface area is 86.0 Å². The molecule has 2 heteroatoms. The van der Waals surface area contributed by atoms with Crippen molar-refractivity contribution in [3.8, 4) is 0 Å². The van der Waals surface area contributed by atoms with Gasteiger partial charge in [0.05, 0.1) is 0 Å². The van der Waals surface area contributed by atoms with E-state index in [2.05, 4.69) is 25.1 Å². The molecule has 74 valence electrons. The molecule has 0 unspecified atom stereocenters. The van der Waals surface area contributed by atoms with E-state index in [0.29, 0.717) is 0 Å². The average Bonchev–Trinajstić information content (AvgIpc) is 2.54. The molecule has 0 aliphatic heterocycles. The molecule has 0 amide bonds. The Morgan fingerprint density at radius 3 is 2.93 bits per heavy atom. The van der Waals surface area contributed by atoms with Gasteiger partial charge in [-0.15, -0.1) is 0 Å². The number of fused-ring (bicyclic) bond motifs is 1. The molecule has 0 saturated heterocycles. The van der Waals surface area contributed by atoms with Crippen molar-refractivity contribution in [3.63, 3.8) is 0 Å². The number of H-pyrrole nitrogens is 1. The number of aromatic nitrogens is 1. The summed E-state index contributed by atoms with van der Waals surface area (Å²) in [6.07, 6.45) is 2.91. The van der Waals surface area contributed by atoms with Crippen molar-refractivity contribution < 1.29 is 1.41 Å². The number of nitrogens with zero attached hydrogens (tertiary/aromatic N) is 1. The molecule has 0 aliphatic rings. The lowest BCUT2D eigenvalue weighted by Crippen LogP contribution is -2.14. The maximum atomic E-state index is 7.77. The summed E-state index contributed by atoms with van der Waals surface area (Å²) in [5, 5.41) is 1.20. The van der Waals surface area contributed by atoms with Crippen LogP contribution in [-0.4, -0.2) is 30.5 Å². The van der Waals surface area contributed by atoms with Crippen LogP contribution in [0.4, 0.5) is 0 Å². The van der Waals surface area contributed by atoms with E-state index in [0.717, 1.165) is 18.5 Å². The summed E-state index contributed by atoms with van der Waals surface area (Å²) < 4.78 is 7.77. The van der Waals surface area contributed by atoms with Crippen LogP contribution in [0.1, 0.15) is 5.56 Å². The van der Waals surface area contributed by atoms with Gasteiger partial charge in [-0.1, -0.05) is 18.2 Å². The summed E-state index contributed by atoms with van der Waals surface area (Å²) in [6, 6.07) is 8.08. The monoisotopic (exact) mass is 189 g/mol. The number of likely N-dealkylation sites (N-methyl/N-ethyl adjacent to an activating group) is 1. The molecule has 2 rings (SSSR count). The third-order valence-electron chi connectivity index (χ3n) is 2.44. The summed E-state index contributed by atoms with van der Waals surface area (Å²) >= 11 is 0. The molecule has 2 aromatic rings. The molecular weight excluding hydrogens is 172 g/mol. The molecule has 0 spiro atoms. The standard InChI is InChI=1S/C12H16N2/c1-14(2)8-7-10-9-13-12-6-4-3-5-11(10)12/h3-6,9,13H,7-8H2,1-2H3/i/hD. The predicted octanol–water partition coefficient (Wildman–Crippen LogP) is 2.27. The summed E-state index contributed by atoms with van der Waals surface area (Å²) in [5.41, 5.74) is 2.25. The van der Waals surface area contributed by atoms with Gasteiger partial charge in [0.1, 0.15) is 0 Å². The van der Waals surface area contributed by atoms with Crippen molar-refractivity contribution in [1.82, 2.24) is 9.88 Å². The summed E-state index contributed by atoms with van der Waals surface area (Å²) in [4.78, 5) is 3.62. The molecule has 0 atom stereocenters. The fourth-order valence-corrected chi connectivity index (χ4v) is 1.62. The zero-order chi connectivity index (χ0) is 10.8. The third kappa shape index (κ3) is 1.80. The largest absolute Gasteiger partial charge is 0.361 e. The number of para-hydroxylation sites is 1. The molecule has 1 aromatic carbocycles. The Hall–Kier alpha value is -1.28. The Balaban J connectivity index is 2.35. The van der Waals surface area contributed by atoms with Crippen LogP contribution in [-0.2, 0) is 6.42 Å². The minimum atomic E-state index is 0.992. The molecule has 0 saturated carbocycles. The SMILES string of the molecule is [2H]n1cc(CCN(C)C)c2ccccc21. The maximum absolute atomic E-state index is 7.77. The molecular formula is C12H16N2. The normalized spacial score (nSPS) is 12.4. The second-order valence-corrected chi connectivity index (χ2v) is 3.85. The highest BCUT2D eigenvalue weighted by Crippen LogP contribution is 2.17. The molecule has 2 nitrogen and oxygen atoms in total. The van der Waals surface area contributed by atoms with E-state index < -0.39 is 0 Å². The first-order valence-corrected chi connectivity index (χ1v) is 4.91. The fraction of sp³-hybridized carbons (Fsp3) is 0.333. The van der Waals surface area contributed by atoms with Crippen molar-refractivity contribution in [2.45, 2.75) is 6.42 Å². The van der Waals surface area contributed by atoms with Crippen LogP contribution >= 0.6 is 0 Å². The van der Waals surface area contributed by atoms with Crippen LogP contribution in [0, 0.1) is 0 Å². The van der Waals surface area contributed by atoms with Gasteiger partial charge in [-0.2, -0.15) is 0 Å². The van der Waals surface area contributed by atoms with E-state index >= 15 is 0 Å². The van der Waals surface area contributed by atoms with Gasteiger partial charge in [-0.3, -0.25) is 0 Å².